The fraction of sp³-hybridized carbons (Fsp3) is 0.300. The molecule has 1 aromatic heterocycles. The van der Waals surface area contributed by atoms with Gasteiger partial charge in [-0.05, 0) is 48.6 Å². The normalized spacial score (nSPS) is 13.9. The third-order valence-corrected chi connectivity index (χ3v) is 6.54. The highest BCUT2D eigenvalue weighted by molar-refractivity contribution is 7.99. The van der Waals surface area contributed by atoms with Crippen LogP contribution in [0, 0.1) is 5.82 Å². The lowest BCUT2D eigenvalue weighted by atomic mass is 9.99. The molecule has 160 valence electrons. The van der Waals surface area contributed by atoms with E-state index in [4.69, 9.17) is 0 Å². The molecular formula is C20H18F4N2O2S2. The van der Waals surface area contributed by atoms with Crippen molar-refractivity contribution in [3.63, 3.8) is 0 Å². The molecule has 4 nitrogen and oxygen atoms in total. The second kappa shape index (κ2) is 9.32. The van der Waals surface area contributed by atoms with Gasteiger partial charge in [-0.15, -0.1) is 23.1 Å². The molecule has 0 aliphatic carbocycles. The summed E-state index contributed by atoms with van der Waals surface area (Å²) in [6.45, 7) is 0.154. The zero-order valence-electron chi connectivity index (χ0n) is 15.6. The number of halogens is 4. The van der Waals surface area contributed by atoms with Gasteiger partial charge < -0.3 is 10.4 Å². The van der Waals surface area contributed by atoms with Crippen LogP contribution < -0.4 is 5.32 Å². The third kappa shape index (κ3) is 5.30. The van der Waals surface area contributed by atoms with Crippen molar-refractivity contribution in [2.45, 2.75) is 29.5 Å². The molecule has 0 radical (unpaired) electrons. The minimum absolute atomic E-state index is 0.154. The molecule has 0 fully saturated rings. The molecule has 1 amide bonds. The fourth-order valence-electron chi connectivity index (χ4n) is 2.66. The molecule has 1 heterocycles. The van der Waals surface area contributed by atoms with Gasteiger partial charge in [0.05, 0.1) is 16.6 Å². The highest BCUT2D eigenvalue weighted by Gasteiger charge is 2.58. The Balaban J connectivity index is 1.57. The minimum atomic E-state index is -5.06. The van der Waals surface area contributed by atoms with Crippen LogP contribution in [0.3, 0.4) is 0 Å². The number of fused-ring (bicyclic) bond motifs is 1. The molecule has 3 rings (SSSR count). The maximum Gasteiger partial charge on any atom is 0.424 e. The summed E-state index contributed by atoms with van der Waals surface area (Å²) in [6.07, 6.45) is -5.72. The number of thiazole rings is 1. The predicted octanol–water partition coefficient (Wildman–Crippen LogP) is 4.87. The Bertz CT molecular complexity index is 975. The lowest BCUT2D eigenvalue weighted by Gasteiger charge is -2.27. The number of carbonyl (C=O) groups excluding carboxylic acids is 1. The first-order valence-electron chi connectivity index (χ1n) is 8.99. The Kier molecular flexibility index (Phi) is 6.99. The zero-order valence-corrected chi connectivity index (χ0v) is 17.2. The van der Waals surface area contributed by atoms with Crippen LogP contribution in [0.5, 0.6) is 0 Å². The molecular weight excluding hydrogens is 440 g/mol. The van der Waals surface area contributed by atoms with Gasteiger partial charge in [-0.1, -0.05) is 12.1 Å². The number of thioether (sulfide) groups is 1. The molecule has 0 spiro atoms. The second-order valence-electron chi connectivity index (χ2n) is 6.53. The first-order valence-corrected chi connectivity index (χ1v) is 10.8. The van der Waals surface area contributed by atoms with Crippen molar-refractivity contribution in [3.05, 3.63) is 59.4 Å². The third-order valence-electron chi connectivity index (χ3n) is 4.26. The summed E-state index contributed by atoms with van der Waals surface area (Å²) in [4.78, 5) is 16.9. The molecule has 2 aromatic carbocycles. The largest absolute Gasteiger partial charge is 0.424 e. The first-order chi connectivity index (χ1) is 14.2. The molecule has 10 heteroatoms. The lowest BCUT2D eigenvalue weighted by Crippen LogP contribution is -2.46. The number of hydrogen-bond donors (Lipinski definition) is 2. The number of rotatable bonds is 8. The number of nitrogens with one attached hydrogen (secondary N) is 1. The zero-order chi connectivity index (χ0) is 21.8. The Morgan fingerprint density at radius 1 is 1.13 bits per heavy atom. The van der Waals surface area contributed by atoms with Crippen LogP contribution in [-0.2, 0) is 10.4 Å². The van der Waals surface area contributed by atoms with Gasteiger partial charge in [-0.25, -0.2) is 9.37 Å². The fourth-order valence-corrected chi connectivity index (χ4v) is 4.59. The topological polar surface area (TPSA) is 62.2 Å². The van der Waals surface area contributed by atoms with Crippen LogP contribution in [0.15, 0.2) is 53.4 Å². The van der Waals surface area contributed by atoms with E-state index in [1.54, 1.807) is 36.4 Å². The highest BCUT2D eigenvalue weighted by Crippen LogP contribution is 2.44. The quantitative estimate of drug-likeness (QED) is 0.287. The molecule has 1 unspecified atom stereocenters. The number of alkyl halides is 3. The monoisotopic (exact) mass is 458 g/mol. The molecule has 0 saturated carbocycles. The summed E-state index contributed by atoms with van der Waals surface area (Å²) in [6, 6.07) is 12.4. The van der Waals surface area contributed by atoms with E-state index < -0.39 is 29.1 Å². The van der Waals surface area contributed by atoms with E-state index in [-0.39, 0.29) is 12.4 Å². The van der Waals surface area contributed by atoms with Gasteiger partial charge in [0.1, 0.15) is 10.8 Å². The Hall–Kier alpha value is -2.17. The maximum absolute atomic E-state index is 13.6. The molecule has 0 bridgehead atoms. The van der Waals surface area contributed by atoms with E-state index in [1.807, 2.05) is 0 Å². The standard InChI is InChI=1S/C20H18F4N2O2S2/c21-13-6-8-14(9-7-13)29-11-3-10-25-17(27)12-19(28,20(22,23)24)18-26-15-4-1-2-5-16(15)30-18/h1-2,4-9,28H,3,10-12H2,(H,25,27). The number of aliphatic hydroxyl groups is 1. The molecule has 1 atom stereocenters. The smallest absolute Gasteiger partial charge is 0.374 e. The Morgan fingerprint density at radius 2 is 1.83 bits per heavy atom. The van der Waals surface area contributed by atoms with Crippen molar-refractivity contribution in [2.75, 3.05) is 12.3 Å². The number of hydrogen-bond acceptors (Lipinski definition) is 5. The molecule has 3 aromatic rings. The first kappa shape index (κ1) is 22.5. The van der Waals surface area contributed by atoms with E-state index in [2.05, 4.69) is 10.3 Å². The van der Waals surface area contributed by atoms with Crippen LogP contribution in [-0.4, -0.2) is 34.5 Å². The van der Waals surface area contributed by atoms with Crippen molar-refractivity contribution in [2.24, 2.45) is 0 Å². The predicted molar refractivity (Wildman–Crippen MR) is 109 cm³/mol. The lowest BCUT2D eigenvalue weighted by molar-refractivity contribution is -0.267. The van der Waals surface area contributed by atoms with Gasteiger partial charge in [0.15, 0.2) is 0 Å². The number of nitrogens with zero attached hydrogens (tertiary/aromatic N) is 1. The van der Waals surface area contributed by atoms with Crippen LogP contribution in [0.25, 0.3) is 10.2 Å². The summed E-state index contributed by atoms with van der Waals surface area (Å²) >= 11 is 2.15. The summed E-state index contributed by atoms with van der Waals surface area (Å²) in [5, 5.41) is 12.2. The van der Waals surface area contributed by atoms with Crippen LogP contribution >= 0.6 is 23.1 Å². The van der Waals surface area contributed by atoms with E-state index in [0.717, 1.165) is 4.90 Å². The van der Waals surface area contributed by atoms with Gasteiger partial charge in [-0.3, -0.25) is 4.79 Å². The van der Waals surface area contributed by atoms with Crippen molar-refractivity contribution in [3.8, 4) is 0 Å². The average Bonchev–Trinajstić information content (AvgIpc) is 3.13. The molecule has 0 aliphatic rings. The Morgan fingerprint density at radius 3 is 2.50 bits per heavy atom. The molecule has 0 saturated heterocycles. The summed E-state index contributed by atoms with van der Waals surface area (Å²) in [5.41, 5.74) is -3.03. The van der Waals surface area contributed by atoms with E-state index >= 15 is 0 Å². The summed E-state index contributed by atoms with van der Waals surface area (Å²) < 4.78 is 54.3. The maximum atomic E-state index is 13.6. The molecule has 2 N–H and O–H groups in total. The van der Waals surface area contributed by atoms with E-state index in [9.17, 15) is 27.5 Å². The average molecular weight is 459 g/mol. The second-order valence-corrected chi connectivity index (χ2v) is 8.73. The van der Waals surface area contributed by atoms with Gasteiger partial charge >= 0.3 is 6.18 Å². The van der Waals surface area contributed by atoms with Crippen molar-refractivity contribution in [1.82, 2.24) is 10.3 Å². The summed E-state index contributed by atoms with van der Waals surface area (Å²) in [7, 11) is 0. The van der Waals surface area contributed by atoms with Crippen LogP contribution in [0.4, 0.5) is 17.6 Å². The number of carbonyl (C=O) groups is 1. The number of para-hydroxylation sites is 1. The van der Waals surface area contributed by atoms with Gasteiger partial charge in [0, 0.05) is 11.4 Å². The number of aromatic nitrogens is 1. The molecule has 30 heavy (non-hydrogen) atoms. The van der Waals surface area contributed by atoms with E-state index in [1.165, 1.54) is 23.9 Å². The van der Waals surface area contributed by atoms with Gasteiger partial charge in [0.2, 0.25) is 11.5 Å². The number of amides is 1. The van der Waals surface area contributed by atoms with Crippen molar-refractivity contribution >= 4 is 39.2 Å². The Labute approximate surface area is 178 Å². The summed E-state index contributed by atoms with van der Waals surface area (Å²) in [5.74, 6) is -0.661. The SMILES string of the molecule is O=C(CC(O)(c1nc2ccccc2s1)C(F)(F)F)NCCCSc1ccc(F)cc1. The van der Waals surface area contributed by atoms with Gasteiger partial charge in [-0.2, -0.15) is 13.2 Å². The van der Waals surface area contributed by atoms with Crippen molar-refractivity contribution in [1.29, 1.82) is 0 Å². The van der Waals surface area contributed by atoms with Crippen LogP contribution in [0.2, 0.25) is 0 Å². The van der Waals surface area contributed by atoms with E-state index in [0.29, 0.717) is 33.7 Å². The number of benzene rings is 2. The molecule has 0 aliphatic heterocycles. The van der Waals surface area contributed by atoms with Crippen LogP contribution in [0.1, 0.15) is 17.8 Å². The van der Waals surface area contributed by atoms with Gasteiger partial charge in [0.25, 0.3) is 0 Å². The van der Waals surface area contributed by atoms with Crippen molar-refractivity contribution < 1.29 is 27.5 Å². The highest BCUT2D eigenvalue weighted by atomic mass is 32.2. The minimum Gasteiger partial charge on any atom is -0.374 e.